The van der Waals surface area contributed by atoms with Gasteiger partial charge in [0.05, 0.1) is 11.8 Å². The fraction of sp³-hybridized carbons (Fsp3) is 0.667. The fourth-order valence-corrected chi connectivity index (χ4v) is 1.80. The van der Waals surface area contributed by atoms with Crippen LogP contribution in [0.4, 0.5) is 0 Å². The summed E-state index contributed by atoms with van der Waals surface area (Å²) in [5.74, 6) is -4.40. The van der Waals surface area contributed by atoms with Crippen molar-refractivity contribution in [2.24, 2.45) is 11.8 Å². The standard InChI is InChI=1S/C9H12O6/c1-4(10)15-7-3-5(8(11)12)2-6(7)9(13)14/h5-7H,2-3H2,1H3,(H,11,12)(H,13,14). The molecule has 0 aromatic rings. The molecule has 0 radical (unpaired) electrons. The van der Waals surface area contributed by atoms with E-state index in [1.807, 2.05) is 0 Å². The van der Waals surface area contributed by atoms with E-state index in [2.05, 4.69) is 0 Å². The summed E-state index contributed by atoms with van der Waals surface area (Å²) >= 11 is 0. The Bertz CT molecular complexity index is 297. The number of carbonyl (C=O) groups excluding carboxylic acids is 1. The van der Waals surface area contributed by atoms with Gasteiger partial charge in [-0.1, -0.05) is 0 Å². The molecule has 0 spiro atoms. The molecule has 0 aliphatic heterocycles. The highest BCUT2D eigenvalue weighted by molar-refractivity contribution is 5.76. The molecule has 0 bridgehead atoms. The summed E-state index contributed by atoms with van der Waals surface area (Å²) in [6.07, 6.45) is -0.727. The lowest BCUT2D eigenvalue weighted by Gasteiger charge is -2.14. The zero-order valence-corrected chi connectivity index (χ0v) is 8.17. The molecule has 0 saturated heterocycles. The Balaban J connectivity index is 2.71. The van der Waals surface area contributed by atoms with Crippen LogP contribution in [0.3, 0.4) is 0 Å². The van der Waals surface area contributed by atoms with Crippen molar-refractivity contribution in [1.29, 1.82) is 0 Å². The Kier molecular flexibility index (Phi) is 3.28. The second kappa shape index (κ2) is 4.29. The number of aliphatic carboxylic acids is 2. The lowest BCUT2D eigenvalue weighted by molar-refractivity contribution is -0.155. The fourth-order valence-electron chi connectivity index (χ4n) is 1.80. The molecule has 0 aromatic carbocycles. The zero-order valence-electron chi connectivity index (χ0n) is 8.17. The van der Waals surface area contributed by atoms with Crippen molar-refractivity contribution in [3.05, 3.63) is 0 Å². The van der Waals surface area contributed by atoms with Gasteiger partial charge in [-0.2, -0.15) is 0 Å². The van der Waals surface area contributed by atoms with E-state index in [1.165, 1.54) is 6.92 Å². The largest absolute Gasteiger partial charge is 0.481 e. The van der Waals surface area contributed by atoms with Gasteiger partial charge in [0.25, 0.3) is 0 Å². The van der Waals surface area contributed by atoms with Gasteiger partial charge in [-0.05, 0) is 12.8 Å². The molecule has 3 unspecified atom stereocenters. The summed E-state index contributed by atoms with van der Waals surface area (Å²) in [4.78, 5) is 32.1. The van der Waals surface area contributed by atoms with E-state index in [4.69, 9.17) is 14.9 Å². The van der Waals surface area contributed by atoms with Crippen LogP contribution in [0.1, 0.15) is 19.8 Å². The van der Waals surface area contributed by atoms with E-state index >= 15 is 0 Å². The van der Waals surface area contributed by atoms with Crippen LogP contribution >= 0.6 is 0 Å². The van der Waals surface area contributed by atoms with E-state index in [0.717, 1.165) is 0 Å². The number of hydrogen-bond donors (Lipinski definition) is 2. The number of carboxylic acid groups (broad SMARTS) is 2. The smallest absolute Gasteiger partial charge is 0.310 e. The van der Waals surface area contributed by atoms with Gasteiger partial charge < -0.3 is 14.9 Å². The molecule has 3 atom stereocenters. The first-order valence-electron chi connectivity index (χ1n) is 4.54. The van der Waals surface area contributed by atoms with Crippen molar-refractivity contribution in [3.63, 3.8) is 0 Å². The lowest BCUT2D eigenvalue weighted by Crippen LogP contribution is -2.26. The van der Waals surface area contributed by atoms with Gasteiger partial charge in [-0.25, -0.2) is 0 Å². The summed E-state index contributed by atoms with van der Waals surface area (Å²) in [5.41, 5.74) is 0. The molecule has 2 N–H and O–H groups in total. The molecule has 1 fully saturated rings. The van der Waals surface area contributed by atoms with Crippen molar-refractivity contribution < 1.29 is 29.3 Å². The third-order valence-electron chi connectivity index (χ3n) is 2.49. The maximum absolute atomic E-state index is 10.8. The second-order valence-electron chi connectivity index (χ2n) is 3.60. The summed E-state index contributed by atoms with van der Waals surface area (Å²) in [6.45, 7) is 1.17. The molecule has 6 nitrogen and oxygen atoms in total. The molecule has 1 rings (SSSR count). The highest BCUT2D eigenvalue weighted by atomic mass is 16.5. The van der Waals surface area contributed by atoms with Gasteiger partial charge in [-0.3, -0.25) is 14.4 Å². The third-order valence-corrected chi connectivity index (χ3v) is 2.49. The van der Waals surface area contributed by atoms with E-state index in [0.29, 0.717) is 0 Å². The second-order valence-corrected chi connectivity index (χ2v) is 3.60. The van der Waals surface area contributed by atoms with Gasteiger partial charge in [0, 0.05) is 6.92 Å². The van der Waals surface area contributed by atoms with Crippen molar-refractivity contribution >= 4 is 17.9 Å². The van der Waals surface area contributed by atoms with Crippen LogP contribution in [-0.4, -0.2) is 34.2 Å². The molecule has 0 heterocycles. The average molecular weight is 216 g/mol. The first kappa shape index (κ1) is 11.5. The third kappa shape index (κ3) is 2.68. The van der Waals surface area contributed by atoms with Crippen LogP contribution in [0.25, 0.3) is 0 Å². The molecule has 1 aliphatic carbocycles. The molecule has 0 aromatic heterocycles. The minimum Gasteiger partial charge on any atom is -0.481 e. The molecule has 84 valence electrons. The summed E-state index contributed by atoms with van der Waals surface area (Å²) < 4.78 is 4.78. The number of carbonyl (C=O) groups is 3. The number of rotatable bonds is 3. The monoisotopic (exact) mass is 216 g/mol. The molecular formula is C9H12O6. The summed E-state index contributed by atoms with van der Waals surface area (Å²) in [6, 6.07) is 0. The van der Waals surface area contributed by atoms with Gasteiger partial charge in [0.1, 0.15) is 6.10 Å². The molecule has 6 heteroatoms. The van der Waals surface area contributed by atoms with Crippen molar-refractivity contribution in [3.8, 4) is 0 Å². The van der Waals surface area contributed by atoms with E-state index in [1.54, 1.807) is 0 Å². The quantitative estimate of drug-likeness (QED) is 0.649. The van der Waals surface area contributed by atoms with Crippen LogP contribution in [0.5, 0.6) is 0 Å². The number of carboxylic acids is 2. The van der Waals surface area contributed by atoms with Crippen LogP contribution in [0.15, 0.2) is 0 Å². The Labute approximate surface area is 85.8 Å². The van der Waals surface area contributed by atoms with Gasteiger partial charge in [0.15, 0.2) is 0 Å². The molecule has 1 saturated carbocycles. The maximum Gasteiger partial charge on any atom is 0.310 e. The number of ether oxygens (including phenoxy) is 1. The van der Waals surface area contributed by atoms with Crippen LogP contribution < -0.4 is 0 Å². The topological polar surface area (TPSA) is 101 Å². The number of hydrogen-bond acceptors (Lipinski definition) is 4. The summed E-state index contributed by atoms with van der Waals surface area (Å²) in [5, 5.41) is 17.5. The maximum atomic E-state index is 10.8. The highest BCUT2D eigenvalue weighted by Crippen LogP contribution is 2.33. The Morgan fingerprint density at radius 2 is 1.73 bits per heavy atom. The molecule has 0 amide bonds. The van der Waals surface area contributed by atoms with Crippen LogP contribution in [-0.2, 0) is 19.1 Å². The number of esters is 1. The lowest BCUT2D eigenvalue weighted by atomic mass is 10.1. The predicted octanol–water partition coefficient (Wildman–Crippen LogP) is 0.114. The normalized spacial score (nSPS) is 29.8. The first-order valence-corrected chi connectivity index (χ1v) is 4.54. The van der Waals surface area contributed by atoms with Crippen molar-refractivity contribution in [2.75, 3.05) is 0 Å². The summed E-state index contributed by atoms with van der Waals surface area (Å²) in [7, 11) is 0. The van der Waals surface area contributed by atoms with Crippen LogP contribution in [0, 0.1) is 11.8 Å². The first-order chi connectivity index (χ1) is 6.91. The molecular weight excluding hydrogens is 204 g/mol. The Hall–Kier alpha value is -1.59. The van der Waals surface area contributed by atoms with Crippen molar-refractivity contribution in [2.45, 2.75) is 25.9 Å². The SMILES string of the molecule is CC(=O)OC1CC(C(=O)O)CC1C(=O)O. The van der Waals surface area contributed by atoms with Gasteiger partial charge in [0.2, 0.25) is 0 Å². The average Bonchev–Trinajstić information content (AvgIpc) is 2.46. The van der Waals surface area contributed by atoms with Crippen LogP contribution in [0.2, 0.25) is 0 Å². The molecule has 15 heavy (non-hydrogen) atoms. The van der Waals surface area contributed by atoms with E-state index in [9.17, 15) is 14.4 Å². The molecule has 1 aliphatic rings. The van der Waals surface area contributed by atoms with Crippen molar-refractivity contribution in [1.82, 2.24) is 0 Å². The Morgan fingerprint density at radius 3 is 2.13 bits per heavy atom. The predicted molar refractivity (Wildman–Crippen MR) is 47.0 cm³/mol. The highest BCUT2D eigenvalue weighted by Gasteiger charge is 2.43. The Morgan fingerprint density at radius 1 is 1.13 bits per heavy atom. The minimum absolute atomic E-state index is 0.0165. The van der Waals surface area contributed by atoms with Gasteiger partial charge >= 0.3 is 17.9 Å². The van der Waals surface area contributed by atoms with Gasteiger partial charge in [-0.15, -0.1) is 0 Å². The van der Waals surface area contributed by atoms with E-state index in [-0.39, 0.29) is 12.8 Å². The minimum atomic E-state index is -1.12. The van der Waals surface area contributed by atoms with E-state index < -0.39 is 35.8 Å². The zero-order chi connectivity index (χ0) is 11.6.